The van der Waals surface area contributed by atoms with Gasteiger partial charge < -0.3 is 4.74 Å². The number of ketones is 1. The van der Waals surface area contributed by atoms with Crippen LogP contribution < -0.4 is 0 Å². The monoisotopic (exact) mass is 226 g/mol. The van der Waals surface area contributed by atoms with Gasteiger partial charge in [-0.05, 0) is 38.6 Å². The fraction of sp³-hybridized carbons (Fsp3) is 0.583. The Bertz CT molecular complexity index is 301. The number of rotatable bonds is 6. The second kappa shape index (κ2) is 5.42. The predicted molar refractivity (Wildman–Crippen MR) is 63.4 cm³/mol. The third kappa shape index (κ3) is 3.76. The number of hydrogen-bond donors (Lipinski definition) is 0. The van der Waals surface area contributed by atoms with Crippen molar-refractivity contribution in [3.63, 3.8) is 0 Å². The molecule has 0 fully saturated rings. The molecule has 0 aliphatic carbocycles. The number of carbonyl (C=O) groups is 1. The van der Waals surface area contributed by atoms with Crippen LogP contribution in [-0.2, 0) is 16.0 Å². The van der Waals surface area contributed by atoms with E-state index in [-0.39, 0.29) is 5.78 Å². The molecule has 1 heterocycles. The van der Waals surface area contributed by atoms with Gasteiger partial charge in [-0.2, -0.15) is 0 Å². The van der Waals surface area contributed by atoms with Crippen LogP contribution in [0.4, 0.5) is 0 Å². The van der Waals surface area contributed by atoms with Gasteiger partial charge in [0.1, 0.15) is 5.60 Å². The summed E-state index contributed by atoms with van der Waals surface area (Å²) in [6.45, 7) is 6.17. The van der Waals surface area contributed by atoms with Crippen molar-refractivity contribution in [3.05, 3.63) is 22.4 Å². The van der Waals surface area contributed by atoms with Gasteiger partial charge in [-0.25, -0.2) is 0 Å². The van der Waals surface area contributed by atoms with Crippen molar-refractivity contribution in [2.24, 2.45) is 0 Å². The first-order chi connectivity index (χ1) is 7.06. The molecule has 1 aromatic heterocycles. The van der Waals surface area contributed by atoms with E-state index < -0.39 is 5.60 Å². The van der Waals surface area contributed by atoms with Gasteiger partial charge in [0, 0.05) is 17.9 Å². The largest absolute Gasteiger partial charge is 0.368 e. The van der Waals surface area contributed by atoms with E-state index in [2.05, 4.69) is 6.07 Å². The number of aryl methyl sites for hydroxylation is 1. The molecular formula is C12H18O2S. The summed E-state index contributed by atoms with van der Waals surface area (Å²) in [5.41, 5.74) is -0.633. The Hall–Kier alpha value is -0.670. The van der Waals surface area contributed by atoms with E-state index in [0.29, 0.717) is 13.0 Å². The molecule has 3 heteroatoms. The molecule has 0 atom stereocenters. The third-order valence-electron chi connectivity index (χ3n) is 2.36. The van der Waals surface area contributed by atoms with Crippen LogP contribution in [0.3, 0.4) is 0 Å². The maximum atomic E-state index is 11.8. The Morgan fingerprint density at radius 2 is 2.27 bits per heavy atom. The Balaban J connectivity index is 2.42. The molecule has 15 heavy (non-hydrogen) atoms. The van der Waals surface area contributed by atoms with Crippen molar-refractivity contribution in [3.8, 4) is 0 Å². The quantitative estimate of drug-likeness (QED) is 0.745. The summed E-state index contributed by atoms with van der Waals surface area (Å²) < 4.78 is 5.41. The molecule has 1 aromatic rings. The molecule has 2 nitrogen and oxygen atoms in total. The number of carbonyl (C=O) groups excluding carboxylic acids is 1. The van der Waals surface area contributed by atoms with E-state index in [9.17, 15) is 4.79 Å². The normalized spacial score (nSPS) is 11.7. The second-order valence-corrected chi connectivity index (χ2v) is 4.98. The van der Waals surface area contributed by atoms with Gasteiger partial charge in [0.15, 0.2) is 5.78 Å². The van der Waals surface area contributed by atoms with E-state index in [4.69, 9.17) is 4.74 Å². The average molecular weight is 226 g/mol. The SMILES string of the molecule is CCOC(C)(C)C(=O)CCc1cccs1. The van der Waals surface area contributed by atoms with E-state index >= 15 is 0 Å². The molecule has 0 saturated heterocycles. The minimum Gasteiger partial charge on any atom is -0.368 e. The highest BCUT2D eigenvalue weighted by atomic mass is 32.1. The van der Waals surface area contributed by atoms with Gasteiger partial charge >= 0.3 is 0 Å². The van der Waals surface area contributed by atoms with Crippen LogP contribution in [0.15, 0.2) is 17.5 Å². The minimum atomic E-state index is -0.633. The highest BCUT2D eigenvalue weighted by molar-refractivity contribution is 7.09. The third-order valence-corrected chi connectivity index (χ3v) is 3.29. The van der Waals surface area contributed by atoms with Crippen molar-refractivity contribution in [1.29, 1.82) is 0 Å². The minimum absolute atomic E-state index is 0.178. The van der Waals surface area contributed by atoms with Gasteiger partial charge in [-0.1, -0.05) is 6.07 Å². The first-order valence-corrected chi connectivity index (χ1v) is 6.14. The highest BCUT2D eigenvalue weighted by Gasteiger charge is 2.26. The highest BCUT2D eigenvalue weighted by Crippen LogP contribution is 2.17. The zero-order valence-corrected chi connectivity index (χ0v) is 10.4. The van der Waals surface area contributed by atoms with Crippen LogP contribution in [0.1, 0.15) is 32.1 Å². The number of hydrogen-bond acceptors (Lipinski definition) is 3. The first kappa shape index (κ1) is 12.4. The molecule has 84 valence electrons. The van der Waals surface area contributed by atoms with Crippen LogP contribution in [0.5, 0.6) is 0 Å². The van der Waals surface area contributed by atoms with Gasteiger partial charge in [0.2, 0.25) is 0 Å². The fourth-order valence-corrected chi connectivity index (χ4v) is 2.14. The molecule has 0 aliphatic heterocycles. The Morgan fingerprint density at radius 1 is 1.53 bits per heavy atom. The molecule has 0 radical (unpaired) electrons. The summed E-state index contributed by atoms with van der Waals surface area (Å²) in [7, 11) is 0. The summed E-state index contributed by atoms with van der Waals surface area (Å²) in [5, 5.41) is 2.04. The maximum Gasteiger partial charge on any atom is 0.164 e. The predicted octanol–water partition coefficient (Wildman–Crippen LogP) is 3.06. The van der Waals surface area contributed by atoms with Crippen LogP contribution in [0.25, 0.3) is 0 Å². The number of ether oxygens (including phenoxy) is 1. The van der Waals surface area contributed by atoms with Crippen molar-refractivity contribution < 1.29 is 9.53 Å². The summed E-state index contributed by atoms with van der Waals surface area (Å²) in [4.78, 5) is 13.1. The lowest BCUT2D eigenvalue weighted by Crippen LogP contribution is -2.35. The van der Waals surface area contributed by atoms with Crippen LogP contribution in [0, 0.1) is 0 Å². The summed E-state index contributed by atoms with van der Waals surface area (Å²) in [5.74, 6) is 0.178. The summed E-state index contributed by atoms with van der Waals surface area (Å²) >= 11 is 1.70. The summed E-state index contributed by atoms with van der Waals surface area (Å²) in [6, 6.07) is 4.07. The van der Waals surface area contributed by atoms with Crippen molar-refractivity contribution in [2.45, 2.75) is 39.2 Å². The number of thiophene rings is 1. The standard InChI is InChI=1S/C12H18O2S/c1-4-14-12(2,3)11(13)8-7-10-6-5-9-15-10/h5-6,9H,4,7-8H2,1-3H3. The van der Waals surface area contributed by atoms with Gasteiger partial charge in [-0.3, -0.25) is 4.79 Å². The van der Waals surface area contributed by atoms with Gasteiger partial charge in [0.05, 0.1) is 0 Å². The molecule has 0 unspecified atom stereocenters. The Labute approximate surface area is 95.3 Å². The Kier molecular flexibility index (Phi) is 4.48. The van der Waals surface area contributed by atoms with Crippen LogP contribution >= 0.6 is 11.3 Å². The zero-order chi connectivity index (χ0) is 11.3. The zero-order valence-electron chi connectivity index (χ0n) is 9.58. The van der Waals surface area contributed by atoms with E-state index in [0.717, 1.165) is 6.42 Å². The topological polar surface area (TPSA) is 26.3 Å². The van der Waals surface area contributed by atoms with Gasteiger partial charge in [0.25, 0.3) is 0 Å². The number of Topliss-reactive ketones (excluding diaryl/α,β-unsaturated/α-hetero) is 1. The van der Waals surface area contributed by atoms with Crippen LogP contribution in [0.2, 0.25) is 0 Å². The molecule has 0 aliphatic rings. The fourth-order valence-electron chi connectivity index (χ4n) is 1.43. The molecule has 1 rings (SSSR count). The molecule has 0 aromatic carbocycles. The van der Waals surface area contributed by atoms with Gasteiger partial charge in [-0.15, -0.1) is 11.3 Å². The molecule has 0 amide bonds. The lowest BCUT2D eigenvalue weighted by Gasteiger charge is -2.22. The molecular weight excluding hydrogens is 208 g/mol. The van der Waals surface area contributed by atoms with Crippen LogP contribution in [-0.4, -0.2) is 18.0 Å². The lowest BCUT2D eigenvalue weighted by atomic mass is 9.99. The van der Waals surface area contributed by atoms with E-state index in [1.54, 1.807) is 11.3 Å². The van der Waals surface area contributed by atoms with Crippen molar-refractivity contribution >= 4 is 17.1 Å². The Morgan fingerprint density at radius 3 is 2.80 bits per heavy atom. The van der Waals surface area contributed by atoms with E-state index in [1.165, 1.54) is 4.88 Å². The van der Waals surface area contributed by atoms with E-state index in [1.807, 2.05) is 32.2 Å². The lowest BCUT2D eigenvalue weighted by molar-refractivity contribution is -0.139. The maximum absolute atomic E-state index is 11.8. The molecule has 0 saturated carbocycles. The average Bonchev–Trinajstić information content (AvgIpc) is 2.66. The molecule has 0 bridgehead atoms. The van der Waals surface area contributed by atoms with Crippen molar-refractivity contribution in [2.75, 3.05) is 6.61 Å². The molecule has 0 N–H and O–H groups in total. The molecule has 0 spiro atoms. The van der Waals surface area contributed by atoms with Crippen molar-refractivity contribution in [1.82, 2.24) is 0 Å². The first-order valence-electron chi connectivity index (χ1n) is 5.26. The second-order valence-electron chi connectivity index (χ2n) is 3.95. The smallest absolute Gasteiger partial charge is 0.164 e. The summed E-state index contributed by atoms with van der Waals surface area (Å²) in [6.07, 6.45) is 1.39.